The van der Waals surface area contributed by atoms with E-state index < -0.39 is 6.09 Å². The Hall–Kier alpha value is -1.26. The summed E-state index contributed by atoms with van der Waals surface area (Å²) in [6.45, 7) is 4.61. The molecule has 1 atom stereocenters. The zero-order valence-corrected chi connectivity index (χ0v) is 7.91. The maximum Gasteiger partial charge on any atom is 0.407 e. The van der Waals surface area contributed by atoms with Gasteiger partial charge in [0.25, 0.3) is 6.47 Å². The molecule has 0 bridgehead atoms. The van der Waals surface area contributed by atoms with Gasteiger partial charge in [-0.3, -0.25) is 4.79 Å². The van der Waals surface area contributed by atoms with Gasteiger partial charge in [0.1, 0.15) is 12.7 Å². The molecular formula is C8H15NO4. The lowest BCUT2D eigenvalue weighted by Crippen LogP contribution is -2.28. The first-order valence-corrected chi connectivity index (χ1v) is 4.24. The van der Waals surface area contributed by atoms with Crippen LogP contribution in [0.5, 0.6) is 0 Å². The number of carbonyl (C=O) groups excluding carboxylic acids is 2. The normalized spacial score (nSPS) is 11.5. The highest BCUT2D eigenvalue weighted by Crippen LogP contribution is 1.96. The maximum atomic E-state index is 10.8. The van der Waals surface area contributed by atoms with Gasteiger partial charge in [0, 0.05) is 6.54 Å². The van der Waals surface area contributed by atoms with E-state index in [9.17, 15) is 9.59 Å². The Morgan fingerprint density at radius 1 is 1.54 bits per heavy atom. The van der Waals surface area contributed by atoms with Crippen LogP contribution in [0.15, 0.2) is 0 Å². The Bertz CT molecular complexity index is 160. The molecule has 1 N–H and O–H groups in total. The molecule has 5 nitrogen and oxygen atoms in total. The summed E-state index contributed by atoms with van der Waals surface area (Å²) in [5, 5.41) is 2.46. The topological polar surface area (TPSA) is 64.6 Å². The van der Waals surface area contributed by atoms with Gasteiger partial charge in [0.2, 0.25) is 0 Å². The fourth-order valence-electron chi connectivity index (χ4n) is 0.696. The van der Waals surface area contributed by atoms with Gasteiger partial charge in [-0.05, 0) is 13.3 Å². The fourth-order valence-corrected chi connectivity index (χ4v) is 0.696. The second kappa shape index (κ2) is 7.39. The van der Waals surface area contributed by atoms with Crippen molar-refractivity contribution in [3.05, 3.63) is 0 Å². The van der Waals surface area contributed by atoms with E-state index in [1.165, 1.54) is 0 Å². The van der Waals surface area contributed by atoms with Gasteiger partial charge in [-0.15, -0.1) is 0 Å². The molecule has 13 heavy (non-hydrogen) atoms. The van der Waals surface area contributed by atoms with Gasteiger partial charge in [-0.2, -0.15) is 0 Å². The van der Waals surface area contributed by atoms with Crippen LogP contribution in [0.4, 0.5) is 4.79 Å². The monoisotopic (exact) mass is 189 g/mol. The predicted molar refractivity (Wildman–Crippen MR) is 46.3 cm³/mol. The molecule has 5 heteroatoms. The first kappa shape index (κ1) is 11.7. The number of rotatable bonds is 6. The van der Waals surface area contributed by atoms with E-state index in [1.54, 1.807) is 6.92 Å². The van der Waals surface area contributed by atoms with Gasteiger partial charge >= 0.3 is 6.09 Å². The van der Waals surface area contributed by atoms with Crippen molar-refractivity contribution in [3.63, 3.8) is 0 Å². The Labute approximate surface area is 77.4 Å². The number of amides is 1. The average molecular weight is 189 g/mol. The van der Waals surface area contributed by atoms with Crippen molar-refractivity contribution in [2.45, 2.75) is 26.4 Å². The van der Waals surface area contributed by atoms with Crippen LogP contribution in [0, 0.1) is 0 Å². The molecule has 0 aromatic carbocycles. The molecule has 0 saturated carbocycles. The number of nitrogens with one attached hydrogen (secondary N) is 1. The van der Waals surface area contributed by atoms with E-state index in [2.05, 4.69) is 10.1 Å². The van der Waals surface area contributed by atoms with Crippen LogP contribution >= 0.6 is 0 Å². The zero-order valence-electron chi connectivity index (χ0n) is 7.91. The predicted octanol–water partition coefficient (Wildman–Crippen LogP) is 0.684. The van der Waals surface area contributed by atoms with E-state index in [0.29, 0.717) is 19.4 Å². The summed E-state index contributed by atoms with van der Waals surface area (Å²) in [5.74, 6) is 0. The summed E-state index contributed by atoms with van der Waals surface area (Å²) in [6.07, 6.45) is -0.214. The van der Waals surface area contributed by atoms with E-state index in [4.69, 9.17) is 4.74 Å². The minimum atomic E-state index is -0.490. The zero-order chi connectivity index (χ0) is 10.1. The minimum Gasteiger partial charge on any atom is -0.461 e. The van der Waals surface area contributed by atoms with Crippen molar-refractivity contribution in [2.75, 3.05) is 13.2 Å². The summed E-state index contributed by atoms with van der Waals surface area (Å²) in [5.41, 5.74) is 0. The molecule has 1 amide bonds. The Balaban J connectivity index is 3.58. The Kier molecular flexibility index (Phi) is 6.68. The van der Waals surface area contributed by atoms with Crippen LogP contribution in [0.3, 0.4) is 0 Å². The van der Waals surface area contributed by atoms with E-state index in [0.717, 1.165) is 0 Å². The van der Waals surface area contributed by atoms with E-state index in [-0.39, 0.29) is 12.7 Å². The molecule has 1 unspecified atom stereocenters. The molecule has 0 rings (SSSR count). The lowest BCUT2D eigenvalue weighted by Gasteiger charge is -2.12. The lowest BCUT2D eigenvalue weighted by atomic mass is 10.3. The molecule has 0 aliphatic rings. The van der Waals surface area contributed by atoms with Gasteiger partial charge < -0.3 is 14.8 Å². The number of ether oxygens (including phenoxy) is 2. The van der Waals surface area contributed by atoms with Crippen molar-refractivity contribution >= 4 is 12.6 Å². The van der Waals surface area contributed by atoms with Gasteiger partial charge in [0.05, 0.1) is 0 Å². The third kappa shape index (κ3) is 5.95. The largest absolute Gasteiger partial charge is 0.461 e. The van der Waals surface area contributed by atoms with Gasteiger partial charge in [0.15, 0.2) is 0 Å². The SMILES string of the molecule is CCNC(=O)OCC(CC)OC=O. The van der Waals surface area contributed by atoms with Crippen molar-refractivity contribution in [1.29, 1.82) is 0 Å². The van der Waals surface area contributed by atoms with Crippen molar-refractivity contribution < 1.29 is 19.1 Å². The number of alkyl carbamates (subject to hydrolysis) is 1. The van der Waals surface area contributed by atoms with Crippen LogP contribution in [-0.2, 0) is 14.3 Å². The summed E-state index contributed by atoms with van der Waals surface area (Å²) in [4.78, 5) is 20.8. The third-order valence-corrected chi connectivity index (χ3v) is 1.42. The van der Waals surface area contributed by atoms with Crippen LogP contribution in [0.2, 0.25) is 0 Å². The molecule has 0 radical (unpaired) electrons. The number of hydrogen-bond donors (Lipinski definition) is 1. The average Bonchev–Trinajstić information content (AvgIpc) is 2.12. The Morgan fingerprint density at radius 3 is 2.69 bits per heavy atom. The maximum absolute atomic E-state index is 10.8. The highest BCUT2D eigenvalue weighted by molar-refractivity contribution is 5.66. The first-order valence-electron chi connectivity index (χ1n) is 4.24. The van der Waals surface area contributed by atoms with Crippen molar-refractivity contribution in [2.24, 2.45) is 0 Å². The van der Waals surface area contributed by atoms with Crippen LogP contribution < -0.4 is 5.32 Å². The van der Waals surface area contributed by atoms with E-state index in [1.807, 2.05) is 6.92 Å². The van der Waals surface area contributed by atoms with Crippen LogP contribution in [-0.4, -0.2) is 31.8 Å². The van der Waals surface area contributed by atoms with E-state index >= 15 is 0 Å². The summed E-state index contributed by atoms with van der Waals surface area (Å²) in [6, 6.07) is 0. The lowest BCUT2D eigenvalue weighted by molar-refractivity contribution is -0.135. The quantitative estimate of drug-likeness (QED) is 0.624. The van der Waals surface area contributed by atoms with Crippen LogP contribution in [0.1, 0.15) is 20.3 Å². The molecule has 0 saturated heterocycles. The van der Waals surface area contributed by atoms with Crippen molar-refractivity contribution in [3.8, 4) is 0 Å². The third-order valence-electron chi connectivity index (χ3n) is 1.42. The number of hydrogen-bond acceptors (Lipinski definition) is 4. The molecule has 0 fully saturated rings. The molecule has 0 spiro atoms. The fraction of sp³-hybridized carbons (Fsp3) is 0.750. The molecule has 0 aromatic rings. The van der Waals surface area contributed by atoms with Gasteiger partial charge in [-0.1, -0.05) is 6.92 Å². The second-order valence-electron chi connectivity index (χ2n) is 2.39. The van der Waals surface area contributed by atoms with Gasteiger partial charge in [-0.25, -0.2) is 4.79 Å². The second-order valence-corrected chi connectivity index (χ2v) is 2.39. The highest BCUT2D eigenvalue weighted by atomic mass is 16.6. The summed E-state index contributed by atoms with van der Waals surface area (Å²) < 4.78 is 9.39. The number of carbonyl (C=O) groups is 2. The smallest absolute Gasteiger partial charge is 0.407 e. The Morgan fingerprint density at radius 2 is 2.23 bits per heavy atom. The standard InChI is InChI=1S/C8H15NO4/c1-3-7(13-6-10)5-12-8(11)9-4-2/h6-7H,3-5H2,1-2H3,(H,9,11). The highest BCUT2D eigenvalue weighted by Gasteiger charge is 2.09. The summed E-state index contributed by atoms with van der Waals surface area (Å²) in [7, 11) is 0. The minimum absolute atomic E-state index is 0.0983. The molecule has 0 aromatic heterocycles. The van der Waals surface area contributed by atoms with Crippen LogP contribution in [0.25, 0.3) is 0 Å². The molecule has 0 heterocycles. The van der Waals surface area contributed by atoms with Crippen molar-refractivity contribution in [1.82, 2.24) is 5.32 Å². The molecule has 0 aliphatic heterocycles. The first-order chi connectivity index (χ1) is 6.24. The molecule has 76 valence electrons. The molecular weight excluding hydrogens is 174 g/mol. The molecule has 0 aliphatic carbocycles. The summed E-state index contributed by atoms with van der Waals surface area (Å²) >= 11 is 0.